The van der Waals surface area contributed by atoms with E-state index in [-0.39, 0.29) is 11.7 Å². The fourth-order valence-electron chi connectivity index (χ4n) is 3.48. The third-order valence-corrected chi connectivity index (χ3v) is 4.63. The van der Waals surface area contributed by atoms with E-state index in [0.29, 0.717) is 12.4 Å². The molecule has 5 heteroatoms. The van der Waals surface area contributed by atoms with Gasteiger partial charge in [-0.05, 0) is 38.9 Å². The van der Waals surface area contributed by atoms with Gasteiger partial charge in [0.05, 0.1) is 20.3 Å². The highest BCUT2D eigenvalue weighted by atomic mass is 16.5. The number of benzene rings is 1. The lowest BCUT2D eigenvalue weighted by atomic mass is 9.82. The van der Waals surface area contributed by atoms with E-state index in [2.05, 4.69) is 5.32 Å². The summed E-state index contributed by atoms with van der Waals surface area (Å²) in [5, 5.41) is 3.40. The second-order valence-corrected chi connectivity index (χ2v) is 5.93. The zero-order valence-electron chi connectivity index (χ0n) is 13.6. The Kier molecular flexibility index (Phi) is 4.45. The molecule has 22 heavy (non-hydrogen) atoms. The number of rotatable bonds is 4. The lowest BCUT2D eigenvalue weighted by molar-refractivity contribution is -0.0591. The van der Waals surface area contributed by atoms with Crippen LogP contribution in [-0.2, 0) is 4.74 Å². The molecule has 5 nitrogen and oxygen atoms in total. The maximum absolute atomic E-state index is 6.42. The number of piperidine rings is 1. The highest BCUT2D eigenvalue weighted by molar-refractivity contribution is 5.52. The Bertz CT molecular complexity index is 526. The van der Waals surface area contributed by atoms with Crippen LogP contribution in [0.5, 0.6) is 17.2 Å². The van der Waals surface area contributed by atoms with Gasteiger partial charge in [-0.25, -0.2) is 0 Å². The Hall–Kier alpha value is -1.46. The molecule has 2 aliphatic rings. The monoisotopic (exact) mass is 307 g/mol. The van der Waals surface area contributed by atoms with Crippen LogP contribution in [0.25, 0.3) is 0 Å². The second kappa shape index (κ2) is 6.34. The Morgan fingerprint density at radius 3 is 2.50 bits per heavy atom. The second-order valence-electron chi connectivity index (χ2n) is 5.93. The largest absolute Gasteiger partial charge is 0.493 e. The zero-order valence-corrected chi connectivity index (χ0v) is 13.6. The van der Waals surface area contributed by atoms with Crippen molar-refractivity contribution in [1.29, 1.82) is 0 Å². The minimum absolute atomic E-state index is 0.0478. The fraction of sp³-hybridized carbons (Fsp3) is 0.647. The van der Waals surface area contributed by atoms with E-state index in [1.54, 1.807) is 14.2 Å². The summed E-state index contributed by atoms with van der Waals surface area (Å²) in [6.07, 6.45) is 2.95. The summed E-state index contributed by atoms with van der Waals surface area (Å²) in [6.45, 7) is 4.70. The van der Waals surface area contributed by atoms with Crippen LogP contribution in [0.2, 0.25) is 0 Å². The summed E-state index contributed by atoms with van der Waals surface area (Å²) < 4.78 is 23.3. The number of nitrogens with one attached hydrogen (secondary N) is 1. The van der Waals surface area contributed by atoms with Crippen LogP contribution in [0.1, 0.15) is 37.9 Å². The minimum atomic E-state index is -0.127. The van der Waals surface area contributed by atoms with Crippen molar-refractivity contribution in [3.8, 4) is 17.2 Å². The standard InChI is InChI=1S/C17H25NO4/c1-4-21-16-11-17(5-7-18-8-6-17)22-13-10-15(20-3)14(19-2)9-12(13)16/h9-10,16,18H,4-8,11H2,1-3H3. The molecular formula is C17H25NO4. The maximum Gasteiger partial charge on any atom is 0.164 e. The van der Waals surface area contributed by atoms with E-state index in [1.807, 2.05) is 19.1 Å². The lowest BCUT2D eigenvalue weighted by Crippen LogP contribution is -2.49. The van der Waals surface area contributed by atoms with Gasteiger partial charge in [-0.1, -0.05) is 0 Å². The number of hydrogen-bond acceptors (Lipinski definition) is 5. The number of methoxy groups -OCH3 is 2. The third kappa shape index (κ3) is 2.75. The van der Waals surface area contributed by atoms with Crippen molar-refractivity contribution in [3.05, 3.63) is 17.7 Å². The molecule has 2 aliphatic heterocycles. The molecule has 3 rings (SSSR count). The maximum atomic E-state index is 6.42. The van der Waals surface area contributed by atoms with Crippen LogP contribution in [0.3, 0.4) is 0 Å². The van der Waals surface area contributed by atoms with Gasteiger partial charge in [0.2, 0.25) is 0 Å². The summed E-state index contributed by atoms with van der Waals surface area (Å²) in [4.78, 5) is 0. The van der Waals surface area contributed by atoms with Crippen molar-refractivity contribution in [1.82, 2.24) is 5.32 Å². The molecule has 1 aromatic carbocycles. The predicted octanol–water partition coefficient (Wildman–Crippen LogP) is 2.69. The average Bonchev–Trinajstić information content (AvgIpc) is 2.54. The van der Waals surface area contributed by atoms with E-state index in [1.165, 1.54) is 0 Å². The number of ether oxygens (including phenoxy) is 4. The fourth-order valence-corrected chi connectivity index (χ4v) is 3.48. The first-order valence-electron chi connectivity index (χ1n) is 7.98. The molecule has 1 saturated heterocycles. The van der Waals surface area contributed by atoms with Gasteiger partial charge in [-0.15, -0.1) is 0 Å². The minimum Gasteiger partial charge on any atom is -0.493 e. The van der Waals surface area contributed by atoms with Crippen LogP contribution < -0.4 is 19.5 Å². The van der Waals surface area contributed by atoms with Crippen molar-refractivity contribution in [2.24, 2.45) is 0 Å². The summed E-state index contributed by atoms with van der Waals surface area (Å²) in [6, 6.07) is 3.92. The van der Waals surface area contributed by atoms with E-state index in [4.69, 9.17) is 18.9 Å². The Labute approximate surface area is 131 Å². The molecule has 0 bridgehead atoms. The number of hydrogen-bond donors (Lipinski definition) is 1. The van der Waals surface area contributed by atoms with Gasteiger partial charge in [0.25, 0.3) is 0 Å². The predicted molar refractivity (Wildman–Crippen MR) is 84.0 cm³/mol. The summed E-state index contributed by atoms with van der Waals surface area (Å²) in [5.74, 6) is 2.28. The zero-order chi connectivity index (χ0) is 15.6. The molecule has 122 valence electrons. The molecular weight excluding hydrogens is 282 g/mol. The lowest BCUT2D eigenvalue weighted by Gasteiger charge is -2.44. The quantitative estimate of drug-likeness (QED) is 0.927. The Morgan fingerprint density at radius 1 is 1.18 bits per heavy atom. The van der Waals surface area contributed by atoms with Crippen LogP contribution in [0.15, 0.2) is 12.1 Å². The molecule has 1 N–H and O–H groups in total. The van der Waals surface area contributed by atoms with Gasteiger partial charge >= 0.3 is 0 Å². The van der Waals surface area contributed by atoms with Crippen LogP contribution in [0.4, 0.5) is 0 Å². The van der Waals surface area contributed by atoms with E-state index in [0.717, 1.165) is 49.4 Å². The van der Waals surface area contributed by atoms with Crippen molar-refractivity contribution in [3.63, 3.8) is 0 Å². The van der Waals surface area contributed by atoms with E-state index < -0.39 is 0 Å². The van der Waals surface area contributed by atoms with Gasteiger partial charge in [0, 0.05) is 24.7 Å². The first-order valence-corrected chi connectivity index (χ1v) is 7.98. The first kappa shape index (κ1) is 15.4. The molecule has 1 spiro atoms. The molecule has 0 saturated carbocycles. The number of fused-ring (bicyclic) bond motifs is 1. The van der Waals surface area contributed by atoms with Crippen molar-refractivity contribution in [2.45, 2.75) is 37.9 Å². The van der Waals surface area contributed by atoms with Crippen molar-refractivity contribution >= 4 is 0 Å². The van der Waals surface area contributed by atoms with Crippen molar-refractivity contribution < 1.29 is 18.9 Å². The van der Waals surface area contributed by atoms with Gasteiger partial charge in [-0.3, -0.25) is 0 Å². The molecule has 0 amide bonds. The van der Waals surface area contributed by atoms with Crippen molar-refractivity contribution in [2.75, 3.05) is 33.9 Å². The highest BCUT2D eigenvalue weighted by Crippen LogP contribution is 2.48. The molecule has 0 aromatic heterocycles. The topological polar surface area (TPSA) is 49.0 Å². The average molecular weight is 307 g/mol. The SMILES string of the molecule is CCOC1CC2(CCNCC2)Oc2cc(OC)c(OC)cc21. The molecule has 1 aromatic rings. The summed E-state index contributed by atoms with van der Waals surface area (Å²) >= 11 is 0. The van der Waals surface area contributed by atoms with Gasteiger partial charge in [-0.2, -0.15) is 0 Å². The molecule has 0 aliphatic carbocycles. The van der Waals surface area contributed by atoms with Crippen LogP contribution in [0, 0.1) is 0 Å². The molecule has 0 radical (unpaired) electrons. The normalized spacial score (nSPS) is 22.8. The Balaban J connectivity index is 2.00. The third-order valence-electron chi connectivity index (χ3n) is 4.63. The summed E-state index contributed by atoms with van der Waals surface area (Å²) in [5.41, 5.74) is 0.932. The van der Waals surface area contributed by atoms with Gasteiger partial charge < -0.3 is 24.3 Å². The molecule has 1 atom stereocenters. The van der Waals surface area contributed by atoms with Crippen LogP contribution >= 0.6 is 0 Å². The smallest absolute Gasteiger partial charge is 0.164 e. The highest BCUT2D eigenvalue weighted by Gasteiger charge is 2.42. The molecule has 1 unspecified atom stereocenters. The first-order chi connectivity index (χ1) is 10.7. The summed E-state index contributed by atoms with van der Waals surface area (Å²) in [7, 11) is 3.30. The molecule has 1 fully saturated rings. The van der Waals surface area contributed by atoms with Gasteiger partial charge in [0.1, 0.15) is 11.4 Å². The molecule has 2 heterocycles. The Morgan fingerprint density at radius 2 is 1.86 bits per heavy atom. The van der Waals surface area contributed by atoms with Crippen LogP contribution in [-0.4, -0.2) is 39.5 Å². The van der Waals surface area contributed by atoms with E-state index in [9.17, 15) is 0 Å². The van der Waals surface area contributed by atoms with Gasteiger partial charge in [0.15, 0.2) is 11.5 Å². The van der Waals surface area contributed by atoms with E-state index >= 15 is 0 Å².